The highest BCUT2D eigenvalue weighted by Crippen LogP contribution is 2.32. The lowest BCUT2D eigenvalue weighted by Gasteiger charge is -2.51. The molecular formula is C15H24N2. The fraction of sp³-hybridized carbons (Fsp3) is 0.600. The molecule has 17 heavy (non-hydrogen) atoms. The Balaban J connectivity index is 2.31. The summed E-state index contributed by atoms with van der Waals surface area (Å²) in [5, 5.41) is 3.67. The molecule has 0 spiro atoms. The van der Waals surface area contributed by atoms with Crippen LogP contribution in [0, 0.1) is 0 Å². The van der Waals surface area contributed by atoms with Crippen LogP contribution in [-0.2, 0) is 5.54 Å². The summed E-state index contributed by atoms with van der Waals surface area (Å²) in [6, 6.07) is 10.8. The smallest absolute Gasteiger partial charge is 0.0558 e. The molecule has 1 aliphatic rings. The summed E-state index contributed by atoms with van der Waals surface area (Å²) in [4.78, 5) is 2.58. The summed E-state index contributed by atoms with van der Waals surface area (Å²) in [5.74, 6) is 0. The minimum absolute atomic E-state index is 0.117. The maximum absolute atomic E-state index is 3.67. The topological polar surface area (TPSA) is 15.3 Å². The zero-order chi connectivity index (χ0) is 12.5. The number of nitrogens with zero attached hydrogens (tertiary/aromatic N) is 1. The van der Waals surface area contributed by atoms with Gasteiger partial charge in [-0.2, -0.15) is 0 Å². The summed E-state index contributed by atoms with van der Waals surface area (Å²) < 4.78 is 0. The number of nitrogens with one attached hydrogen (secondary N) is 1. The molecular weight excluding hydrogens is 208 g/mol. The summed E-state index contributed by atoms with van der Waals surface area (Å²) in [6.07, 6.45) is 0. The lowest BCUT2D eigenvalue weighted by Crippen LogP contribution is -2.65. The Kier molecular flexibility index (Phi) is 3.28. The van der Waals surface area contributed by atoms with Crippen molar-refractivity contribution in [2.24, 2.45) is 0 Å². The molecule has 2 heteroatoms. The lowest BCUT2D eigenvalue weighted by atomic mass is 9.84. The van der Waals surface area contributed by atoms with Crippen molar-refractivity contribution in [1.29, 1.82) is 0 Å². The predicted molar refractivity (Wildman–Crippen MR) is 73.1 cm³/mol. The number of benzene rings is 1. The first-order valence-electron chi connectivity index (χ1n) is 6.53. The molecule has 2 rings (SSSR count). The van der Waals surface area contributed by atoms with Crippen LogP contribution in [0.5, 0.6) is 0 Å². The summed E-state index contributed by atoms with van der Waals surface area (Å²) in [7, 11) is 0. The SMILES string of the molecule is CCN1CC(C)(C)NCC1(C)c1ccccc1. The minimum atomic E-state index is 0.117. The fourth-order valence-corrected chi connectivity index (χ4v) is 2.77. The highest BCUT2D eigenvalue weighted by Gasteiger charge is 2.40. The minimum Gasteiger partial charge on any atom is -0.308 e. The van der Waals surface area contributed by atoms with E-state index in [-0.39, 0.29) is 11.1 Å². The Hall–Kier alpha value is -0.860. The van der Waals surface area contributed by atoms with Gasteiger partial charge in [0.1, 0.15) is 0 Å². The number of hydrogen-bond acceptors (Lipinski definition) is 2. The van der Waals surface area contributed by atoms with Crippen LogP contribution in [0.15, 0.2) is 30.3 Å². The molecule has 1 N–H and O–H groups in total. The van der Waals surface area contributed by atoms with Crippen LogP contribution in [0.4, 0.5) is 0 Å². The normalized spacial score (nSPS) is 29.2. The zero-order valence-corrected chi connectivity index (χ0v) is 11.5. The van der Waals surface area contributed by atoms with Gasteiger partial charge in [0.15, 0.2) is 0 Å². The molecule has 1 saturated heterocycles. The van der Waals surface area contributed by atoms with Crippen molar-refractivity contribution in [2.45, 2.75) is 38.8 Å². The number of piperazine rings is 1. The van der Waals surface area contributed by atoms with E-state index in [1.165, 1.54) is 5.56 Å². The summed E-state index contributed by atoms with van der Waals surface area (Å²) in [6.45, 7) is 12.3. The first-order valence-corrected chi connectivity index (χ1v) is 6.53. The second-order valence-corrected chi connectivity index (χ2v) is 5.89. The third kappa shape index (κ3) is 2.38. The quantitative estimate of drug-likeness (QED) is 0.843. The van der Waals surface area contributed by atoms with Gasteiger partial charge in [0.05, 0.1) is 5.54 Å². The van der Waals surface area contributed by atoms with Crippen molar-refractivity contribution in [3.8, 4) is 0 Å². The molecule has 2 nitrogen and oxygen atoms in total. The number of hydrogen-bond donors (Lipinski definition) is 1. The molecule has 1 aliphatic heterocycles. The number of rotatable bonds is 2. The third-order valence-corrected chi connectivity index (χ3v) is 3.97. The molecule has 1 atom stereocenters. The molecule has 1 fully saturated rings. The van der Waals surface area contributed by atoms with Crippen molar-refractivity contribution in [2.75, 3.05) is 19.6 Å². The Morgan fingerprint density at radius 2 is 1.82 bits per heavy atom. The van der Waals surface area contributed by atoms with Crippen LogP contribution in [0.3, 0.4) is 0 Å². The van der Waals surface area contributed by atoms with Gasteiger partial charge in [0, 0.05) is 18.6 Å². The van der Waals surface area contributed by atoms with Gasteiger partial charge in [-0.3, -0.25) is 4.90 Å². The molecule has 0 aliphatic carbocycles. The van der Waals surface area contributed by atoms with Gasteiger partial charge in [-0.25, -0.2) is 0 Å². The van der Waals surface area contributed by atoms with Crippen molar-refractivity contribution in [3.63, 3.8) is 0 Å². The van der Waals surface area contributed by atoms with Crippen LogP contribution in [-0.4, -0.2) is 30.1 Å². The van der Waals surface area contributed by atoms with Crippen molar-refractivity contribution in [3.05, 3.63) is 35.9 Å². The molecule has 1 heterocycles. The molecule has 0 radical (unpaired) electrons. The number of likely N-dealkylation sites (N-methyl/N-ethyl adjacent to an activating group) is 1. The van der Waals surface area contributed by atoms with Gasteiger partial charge in [0.25, 0.3) is 0 Å². The van der Waals surface area contributed by atoms with Crippen LogP contribution in [0.2, 0.25) is 0 Å². The highest BCUT2D eigenvalue weighted by atomic mass is 15.3. The van der Waals surface area contributed by atoms with Gasteiger partial charge >= 0.3 is 0 Å². The average molecular weight is 232 g/mol. The van der Waals surface area contributed by atoms with Crippen LogP contribution in [0.1, 0.15) is 33.3 Å². The maximum atomic E-state index is 3.67. The van der Waals surface area contributed by atoms with E-state index in [0.717, 1.165) is 19.6 Å². The van der Waals surface area contributed by atoms with E-state index < -0.39 is 0 Å². The van der Waals surface area contributed by atoms with Gasteiger partial charge < -0.3 is 5.32 Å². The maximum Gasteiger partial charge on any atom is 0.0558 e. The van der Waals surface area contributed by atoms with E-state index >= 15 is 0 Å². The average Bonchev–Trinajstić information content (AvgIpc) is 2.33. The van der Waals surface area contributed by atoms with E-state index in [0.29, 0.717) is 0 Å². The Labute approximate surface area is 105 Å². The predicted octanol–water partition coefficient (Wildman–Crippen LogP) is 2.61. The second kappa shape index (κ2) is 4.43. The largest absolute Gasteiger partial charge is 0.308 e. The Morgan fingerprint density at radius 3 is 2.41 bits per heavy atom. The standard InChI is InChI=1S/C15H24N2/c1-5-17-12-14(2,3)16-11-15(17,4)13-9-7-6-8-10-13/h6-10,16H,5,11-12H2,1-4H3. The molecule has 0 aromatic heterocycles. The molecule has 0 bridgehead atoms. The molecule has 1 unspecified atom stereocenters. The molecule has 1 aromatic rings. The van der Waals surface area contributed by atoms with E-state index in [1.54, 1.807) is 0 Å². The Bertz CT molecular complexity index is 372. The highest BCUT2D eigenvalue weighted by molar-refractivity contribution is 5.25. The van der Waals surface area contributed by atoms with Crippen LogP contribution in [0.25, 0.3) is 0 Å². The van der Waals surface area contributed by atoms with E-state index in [2.05, 4.69) is 68.2 Å². The molecule has 0 saturated carbocycles. The second-order valence-electron chi connectivity index (χ2n) is 5.89. The van der Waals surface area contributed by atoms with E-state index in [1.807, 2.05) is 0 Å². The van der Waals surface area contributed by atoms with Gasteiger partial charge in [0.2, 0.25) is 0 Å². The lowest BCUT2D eigenvalue weighted by molar-refractivity contribution is 0.0290. The molecule has 0 amide bonds. The Morgan fingerprint density at radius 1 is 1.18 bits per heavy atom. The molecule has 1 aromatic carbocycles. The third-order valence-electron chi connectivity index (χ3n) is 3.97. The van der Waals surface area contributed by atoms with Crippen molar-refractivity contribution >= 4 is 0 Å². The first kappa shape index (κ1) is 12.6. The van der Waals surface area contributed by atoms with Gasteiger partial charge in [-0.05, 0) is 32.9 Å². The van der Waals surface area contributed by atoms with Crippen molar-refractivity contribution in [1.82, 2.24) is 10.2 Å². The van der Waals surface area contributed by atoms with Crippen LogP contribution < -0.4 is 5.32 Å². The zero-order valence-electron chi connectivity index (χ0n) is 11.5. The van der Waals surface area contributed by atoms with E-state index in [9.17, 15) is 0 Å². The fourth-order valence-electron chi connectivity index (χ4n) is 2.77. The van der Waals surface area contributed by atoms with Gasteiger partial charge in [-0.15, -0.1) is 0 Å². The van der Waals surface area contributed by atoms with Gasteiger partial charge in [-0.1, -0.05) is 37.3 Å². The van der Waals surface area contributed by atoms with Crippen LogP contribution >= 0.6 is 0 Å². The summed E-state index contributed by atoms with van der Waals surface area (Å²) >= 11 is 0. The monoisotopic (exact) mass is 232 g/mol. The van der Waals surface area contributed by atoms with Crippen molar-refractivity contribution < 1.29 is 0 Å². The molecule has 94 valence electrons. The first-order chi connectivity index (χ1) is 7.98. The summed E-state index contributed by atoms with van der Waals surface area (Å²) in [5.41, 5.74) is 1.74. The van der Waals surface area contributed by atoms with E-state index in [4.69, 9.17) is 0 Å².